The molecule has 0 saturated heterocycles. The van der Waals surface area contributed by atoms with Crippen molar-refractivity contribution in [3.05, 3.63) is 76.4 Å². The first-order chi connectivity index (χ1) is 13.8. The van der Waals surface area contributed by atoms with E-state index in [2.05, 4.69) is 10.2 Å². The van der Waals surface area contributed by atoms with Crippen LogP contribution in [-0.2, 0) is 12.6 Å². The fourth-order valence-corrected chi connectivity index (χ4v) is 4.01. The first-order valence-corrected chi connectivity index (χ1v) is 9.62. The third kappa shape index (κ3) is 3.93. The third-order valence-corrected chi connectivity index (χ3v) is 5.56. The Morgan fingerprint density at radius 1 is 1.10 bits per heavy atom. The first kappa shape index (κ1) is 19.3. The second kappa shape index (κ2) is 7.44. The second-order valence-corrected chi connectivity index (χ2v) is 7.46. The van der Waals surface area contributed by atoms with Crippen LogP contribution >= 0.6 is 11.3 Å². The molecule has 0 radical (unpaired) electrons. The fraction of sp³-hybridized carbons (Fsp3) is 0.143. The number of nitrogens with zero attached hydrogens (tertiary/aromatic N) is 1. The van der Waals surface area contributed by atoms with Crippen molar-refractivity contribution in [2.75, 3.05) is 0 Å². The smallest absolute Gasteiger partial charge is 0.294 e. The number of thiophene rings is 1. The van der Waals surface area contributed by atoms with Gasteiger partial charge in [0, 0.05) is 22.8 Å². The molecule has 0 fully saturated rings. The number of aromatic amines is 1. The van der Waals surface area contributed by atoms with Crippen molar-refractivity contribution in [2.45, 2.75) is 19.0 Å². The van der Waals surface area contributed by atoms with Crippen LogP contribution in [-0.4, -0.2) is 16.0 Å². The number of H-pyrrole nitrogens is 1. The van der Waals surface area contributed by atoms with Crippen molar-refractivity contribution < 1.29 is 22.4 Å². The fourth-order valence-electron chi connectivity index (χ4n) is 3.09. The van der Waals surface area contributed by atoms with E-state index in [-0.39, 0.29) is 24.2 Å². The maximum absolute atomic E-state index is 13.9. The van der Waals surface area contributed by atoms with Crippen LogP contribution in [0.15, 0.2) is 53.9 Å². The third-order valence-electron chi connectivity index (χ3n) is 4.62. The van der Waals surface area contributed by atoms with Gasteiger partial charge in [-0.1, -0.05) is 18.2 Å². The molecule has 2 aromatic heterocycles. The summed E-state index contributed by atoms with van der Waals surface area (Å²) in [5, 5.41) is 9.84. The molecule has 29 heavy (non-hydrogen) atoms. The topological polar surface area (TPSA) is 45.8 Å². The van der Waals surface area contributed by atoms with Gasteiger partial charge in [0.15, 0.2) is 5.78 Å². The second-order valence-electron chi connectivity index (χ2n) is 6.54. The van der Waals surface area contributed by atoms with Gasteiger partial charge in [-0.2, -0.15) is 18.3 Å². The van der Waals surface area contributed by atoms with Crippen LogP contribution in [0.3, 0.4) is 0 Å². The normalized spacial score (nSPS) is 11.9. The number of para-hydroxylation sites is 1. The van der Waals surface area contributed by atoms with E-state index in [0.29, 0.717) is 11.6 Å². The van der Waals surface area contributed by atoms with Gasteiger partial charge in [0.05, 0.1) is 16.0 Å². The van der Waals surface area contributed by atoms with Crippen LogP contribution < -0.4 is 0 Å². The number of rotatable bonds is 5. The summed E-state index contributed by atoms with van der Waals surface area (Å²) in [5.74, 6) is -1.01. The molecule has 2 heterocycles. The molecule has 0 aliphatic rings. The van der Waals surface area contributed by atoms with Crippen LogP contribution in [0, 0.1) is 5.82 Å². The van der Waals surface area contributed by atoms with Crippen LogP contribution in [0.4, 0.5) is 17.6 Å². The molecule has 1 N–H and O–H groups in total. The standard InChI is InChI=1S/C21H14F4N2OS/c22-16-7-6-14(21(23,24)25)9-12(16)5-8-18(28)13-10-19(29-11-13)20-15-3-1-2-4-17(15)26-27-20/h1-4,6-7,9-11H,5,8H2,(H,26,27). The number of benzene rings is 2. The Labute approximate surface area is 167 Å². The summed E-state index contributed by atoms with van der Waals surface area (Å²) in [4.78, 5) is 13.3. The maximum atomic E-state index is 13.9. The minimum Gasteiger partial charge on any atom is -0.294 e. The highest BCUT2D eigenvalue weighted by Gasteiger charge is 2.31. The number of hydrogen-bond acceptors (Lipinski definition) is 3. The summed E-state index contributed by atoms with van der Waals surface area (Å²) in [6.07, 6.45) is -4.75. The van der Waals surface area contributed by atoms with E-state index in [1.54, 1.807) is 11.4 Å². The molecule has 0 bridgehead atoms. The molecule has 0 atom stereocenters. The predicted molar refractivity (Wildman–Crippen MR) is 103 cm³/mol. The van der Waals surface area contributed by atoms with E-state index in [1.165, 1.54) is 11.3 Å². The van der Waals surface area contributed by atoms with Crippen molar-refractivity contribution in [3.63, 3.8) is 0 Å². The zero-order chi connectivity index (χ0) is 20.6. The van der Waals surface area contributed by atoms with Gasteiger partial charge >= 0.3 is 6.18 Å². The number of carbonyl (C=O) groups excluding carboxylic acids is 1. The minimum atomic E-state index is -4.55. The molecule has 0 unspecified atom stereocenters. The van der Waals surface area contributed by atoms with Crippen molar-refractivity contribution >= 4 is 28.0 Å². The number of nitrogens with one attached hydrogen (secondary N) is 1. The van der Waals surface area contributed by atoms with E-state index in [4.69, 9.17) is 0 Å². The Morgan fingerprint density at radius 2 is 1.90 bits per heavy atom. The average molecular weight is 418 g/mol. The number of halogens is 4. The van der Waals surface area contributed by atoms with E-state index in [9.17, 15) is 22.4 Å². The largest absolute Gasteiger partial charge is 0.416 e. The summed E-state index contributed by atoms with van der Waals surface area (Å²) in [6.45, 7) is 0. The van der Waals surface area contributed by atoms with Gasteiger partial charge in [0.25, 0.3) is 0 Å². The lowest BCUT2D eigenvalue weighted by molar-refractivity contribution is -0.137. The highest BCUT2D eigenvalue weighted by Crippen LogP contribution is 2.33. The molecule has 0 saturated carbocycles. The lowest BCUT2D eigenvalue weighted by Crippen LogP contribution is -2.07. The molecule has 4 aromatic rings. The van der Waals surface area contributed by atoms with E-state index >= 15 is 0 Å². The van der Waals surface area contributed by atoms with Gasteiger partial charge in [-0.25, -0.2) is 4.39 Å². The molecule has 3 nitrogen and oxygen atoms in total. The van der Waals surface area contributed by atoms with Gasteiger partial charge in [-0.05, 0) is 42.3 Å². The van der Waals surface area contributed by atoms with Gasteiger partial charge in [-0.3, -0.25) is 9.89 Å². The van der Waals surface area contributed by atoms with E-state index in [0.717, 1.165) is 33.6 Å². The molecule has 0 spiro atoms. The lowest BCUT2D eigenvalue weighted by Gasteiger charge is -2.09. The molecule has 148 valence electrons. The molecule has 4 rings (SSSR count). The number of ketones is 1. The molecule has 8 heteroatoms. The highest BCUT2D eigenvalue weighted by atomic mass is 32.1. The summed E-state index contributed by atoms with van der Waals surface area (Å²) < 4.78 is 52.3. The zero-order valence-electron chi connectivity index (χ0n) is 14.9. The Bertz CT molecular complexity index is 1190. The van der Waals surface area contributed by atoms with Gasteiger partial charge in [0.2, 0.25) is 0 Å². The SMILES string of the molecule is O=C(CCc1cc(C(F)(F)F)ccc1F)c1csc(-c2n[nH]c3ccccc23)c1. The number of hydrogen-bond donors (Lipinski definition) is 1. The molecular formula is C21H14F4N2OS. The summed E-state index contributed by atoms with van der Waals surface area (Å²) in [6, 6.07) is 11.6. The van der Waals surface area contributed by atoms with Crippen LogP contribution in [0.25, 0.3) is 21.5 Å². The van der Waals surface area contributed by atoms with Gasteiger partial charge in [0.1, 0.15) is 11.5 Å². The maximum Gasteiger partial charge on any atom is 0.416 e. The van der Waals surface area contributed by atoms with Gasteiger partial charge < -0.3 is 0 Å². The number of fused-ring (bicyclic) bond motifs is 1. The Morgan fingerprint density at radius 3 is 2.69 bits per heavy atom. The van der Waals surface area contributed by atoms with Gasteiger partial charge in [-0.15, -0.1) is 11.3 Å². The molecule has 2 aromatic carbocycles. The summed E-state index contributed by atoms with van der Waals surface area (Å²) >= 11 is 1.35. The average Bonchev–Trinajstić information content (AvgIpc) is 3.33. The number of Topliss-reactive ketones (excluding diaryl/α,β-unsaturated/α-hetero) is 1. The first-order valence-electron chi connectivity index (χ1n) is 8.74. The lowest BCUT2D eigenvalue weighted by atomic mass is 10.0. The van der Waals surface area contributed by atoms with Crippen molar-refractivity contribution in [1.82, 2.24) is 10.2 Å². The summed E-state index contributed by atoms with van der Waals surface area (Å²) in [5.41, 5.74) is 0.994. The van der Waals surface area contributed by atoms with Crippen molar-refractivity contribution in [2.24, 2.45) is 0 Å². The molecule has 0 aliphatic carbocycles. The quantitative estimate of drug-likeness (QED) is 0.307. The minimum absolute atomic E-state index is 0.0876. The number of alkyl halides is 3. The predicted octanol–water partition coefficient (Wildman–Crippen LogP) is 6.26. The highest BCUT2D eigenvalue weighted by molar-refractivity contribution is 7.14. The number of carbonyl (C=O) groups is 1. The Balaban J connectivity index is 1.51. The van der Waals surface area contributed by atoms with Crippen LogP contribution in [0.2, 0.25) is 0 Å². The number of aromatic nitrogens is 2. The zero-order valence-corrected chi connectivity index (χ0v) is 15.7. The number of aryl methyl sites for hydroxylation is 1. The van der Waals surface area contributed by atoms with Crippen LogP contribution in [0.1, 0.15) is 27.9 Å². The van der Waals surface area contributed by atoms with Crippen molar-refractivity contribution in [3.8, 4) is 10.6 Å². The summed E-state index contributed by atoms with van der Waals surface area (Å²) in [7, 11) is 0. The van der Waals surface area contributed by atoms with Crippen molar-refractivity contribution in [1.29, 1.82) is 0 Å². The van der Waals surface area contributed by atoms with E-state index in [1.807, 2.05) is 24.3 Å². The van der Waals surface area contributed by atoms with Crippen LogP contribution in [0.5, 0.6) is 0 Å². The Kier molecular flexibility index (Phi) is 4.96. The molecular weight excluding hydrogens is 404 g/mol. The monoisotopic (exact) mass is 418 g/mol. The Hall–Kier alpha value is -3.00. The molecule has 0 amide bonds. The van der Waals surface area contributed by atoms with E-state index < -0.39 is 17.6 Å². The molecule has 0 aliphatic heterocycles.